The molecule has 0 atom stereocenters. The van der Waals surface area contributed by atoms with Crippen LogP contribution in [0, 0.1) is 6.92 Å². The van der Waals surface area contributed by atoms with Crippen molar-refractivity contribution in [2.45, 2.75) is 32.6 Å². The Hall–Kier alpha value is -1.30. The second-order valence-electron chi connectivity index (χ2n) is 4.36. The van der Waals surface area contributed by atoms with E-state index in [1.165, 1.54) is 31.1 Å². The summed E-state index contributed by atoms with van der Waals surface area (Å²) >= 11 is 1.88. The summed E-state index contributed by atoms with van der Waals surface area (Å²) in [5, 5.41) is 12.0. The Bertz CT molecular complexity index is 413. The summed E-state index contributed by atoms with van der Waals surface area (Å²) in [6.45, 7) is 2.55. The van der Waals surface area contributed by atoms with E-state index in [4.69, 9.17) is 5.11 Å². The lowest BCUT2D eigenvalue weighted by molar-refractivity contribution is 0.0690. The van der Waals surface area contributed by atoms with Crippen molar-refractivity contribution in [3.63, 3.8) is 0 Å². The van der Waals surface area contributed by atoms with Gasteiger partial charge in [0.15, 0.2) is 5.69 Å². The molecule has 19 heavy (non-hydrogen) atoms. The van der Waals surface area contributed by atoms with Gasteiger partial charge in [0, 0.05) is 12.2 Å². The molecule has 1 heterocycles. The molecule has 0 amide bonds. The van der Waals surface area contributed by atoms with Crippen LogP contribution >= 0.6 is 11.8 Å². The van der Waals surface area contributed by atoms with Crippen molar-refractivity contribution in [1.29, 1.82) is 0 Å². The second kappa shape index (κ2) is 8.74. The number of rotatable bonds is 9. The minimum absolute atomic E-state index is 0.0370. The van der Waals surface area contributed by atoms with Crippen molar-refractivity contribution < 1.29 is 9.90 Å². The highest BCUT2D eigenvalue weighted by atomic mass is 32.2. The van der Waals surface area contributed by atoms with Crippen LogP contribution in [0.25, 0.3) is 0 Å². The fourth-order valence-corrected chi connectivity index (χ4v) is 2.18. The van der Waals surface area contributed by atoms with Crippen molar-refractivity contribution in [3.05, 3.63) is 17.5 Å². The summed E-state index contributed by atoms with van der Waals surface area (Å²) in [6.07, 6.45) is 6.83. The van der Waals surface area contributed by atoms with E-state index in [2.05, 4.69) is 21.5 Å². The topological polar surface area (TPSA) is 75.1 Å². The summed E-state index contributed by atoms with van der Waals surface area (Å²) in [5.41, 5.74) is 0.699. The van der Waals surface area contributed by atoms with Gasteiger partial charge in [-0.1, -0.05) is 12.8 Å². The number of unbranched alkanes of at least 4 members (excludes halogenated alkanes) is 3. The second-order valence-corrected chi connectivity index (χ2v) is 5.34. The standard InChI is InChI=1S/C13H21N3O2S/c1-10-9-11(12(17)18)16-13(15-10)14-7-5-3-4-6-8-19-2/h9H,3-8H2,1-2H3,(H,17,18)(H,14,15,16). The van der Waals surface area contributed by atoms with Gasteiger partial charge < -0.3 is 10.4 Å². The lowest BCUT2D eigenvalue weighted by Gasteiger charge is -2.06. The normalized spacial score (nSPS) is 10.4. The molecule has 0 aliphatic heterocycles. The molecule has 0 aliphatic carbocycles. The van der Waals surface area contributed by atoms with E-state index in [0.717, 1.165) is 13.0 Å². The highest BCUT2D eigenvalue weighted by Gasteiger charge is 2.07. The molecule has 0 fully saturated rings. The largest absolute Gasteiger partial charge is 0.477 e. The van der Waals surface area contributed by atoms with Gasteiger partial charge in [-0.15, -0.1) is 0 Å². The molecule has 0 aromatic carbocycles. The smallest absolute Gasteiger partial charge is 0.354 e. The SMILES string of the molecule is CSCCCCCCNc1nc(C)cc(C(=O)O)n1. The molecule has 1 aromatic heterocycles. The zero-order valence-electron chi connectivity index (χ0n) is 11.5. The Balaban J connectivity index is 2.31. The molecular weight excluding hydrogens is 262 g/mol. The van der Waals surface area contributed by atoms with Crippen molar-refractivity contribution in [2.75, 3.05) is 23.9 Å². The van der Waals surface area contributed by atoms with Crippen LogP contribution in [0.5, 0.6) is 0 Å². The molecule has 0 radical (unpaired) electrons. The molecule has 1 rings (SSSR count). The van der Waals surface area contributed by atoms with Crippen molar-refractivity contribution in [1.82, 2.24) is 9.97 Å². The maximum absolute atomic E-state index is 10.9. The predicted octanol–water partition coefficient (Wildman–Crippen LogP) is 2.82. The van der Waals surface area contributed by atoms with E-state index in [1.807, 2.05) is 11.8 Å². The van der Waals surface area contributed by atoms with Gasteiger partial charge in [0.1, 0.15) is 0 Å². The summed E-state index contributed by atoms with van der Waals surface area (Å²) in [5.74, 6) is 0.600. The third-order valence-electron chi connectivity index (χ3n) is 2.63. The predicted molar refractivity (Wildman–Crippen MR) is 79.1 cm³/mol. The average molecular weight is 283 g/mol. The monoisotopic (exact) mass is 283 g/mol. The summed E-state index contributed by atoms with van der Waals surface area (Å²) in [7, 11) is 0. The highest BCUT2D eigenvalue weighted by molar-refractivity contribution is 7.98. The van der Waals surface area contributed by atoms with E-state index < -0.39 is 5.97 Å². The number of aromatic nitrogens is 2. The van der Waals surface area contributed by atoms with E-state index in [0.29, 0.717) is 11.6 Å². The molecule has 0 spiro atoms. The fourth-order valence-electron chi connectivity index (χ4n) is 1.68. The zero-order chi connectivity index (χ0) is 14.1. The number of nitrogens with one attached hydrogen (secondary N) is 1. The van der Waals surface area contributed by atoms with Crippen LogP contribution in [0.3, 0.4) is 0 Å². The number of carboxylic acid groups (broad SMARTS) is 1. The first-order valence-corrected chi connectivity index (χ1v) is 7.84. The average Bonchev–Trinajstić information content (AvgIpc) is 2.37. The first-order valence-electron chi connectivity index (χ1n) is 6.45. The number of hydrogen-bond donors (Lipinski definition) is 2. The van der Waals surface area contributed by atoms with Crippen molar-refractivity contribution in [3.8, 4) is 0 Å². The van der Waals surface area contributed by atoms with Gasteiger partial charge in [0.2, 0.25) is 5.95 Å². The Morgan fingerprint density at radius 2 is 2.05 bits per heavy atom. The Morgan fingerprint density at radius 1 is 1.32 bits per heavy atom. The number of hydrogen-bond acceptors (Lipinski definition) is 5. The number of nitrogens with zero attached hydrogens (tertiary/aromatic N) is 2. The van der Waals surface area contributed by atoms with Crippen LogP contribution in [0.2, 0.25) is 0 Å². The molecule has 6 heteroatoms. The summed E-state index contributed by atoms with van der Waals surface area (Å²) in [6, 6.07) is 1.47. The fraction of sp³-hybridized carbons (Fsp3) is 0.615. The Labute approximate surface area is 118 Å². The molecule has 5 nitrogen and oxygen atoms in total. The number of carboxylic acids is 1. The first-order chi connectivity index (χ1) is 9.13. The van der Waals surface area contributed by atoms with Gasteiger partial charge in [0.05, 0.1) is 0 Å². The first kappa shape index (κ1) is 15.8. The van der Waals surface area contributed by atoms with E-state index in [9.17, 15) is 4.79 Å². The molecule has 0 saturated heterocycles. The molecule has 0 bridgehead atoms. The highest BCUT2D eigenvalue weighted by Crippen LogP contribution is 2.07. The molecular formula is C13H21N3O2S. The van der Waals surface area contributed by atoms with Gasteiger partial charge in [0.25, 0.3) is 0 Å². The van der Waals surface area contributed by atoms with Crippen LogP contribution in [0.15, 0.2) is 6.07 Å². The van der Waals surface area contributed by atoms with Crippen LogP contribution in [0.1, 0.15) is 41.9 Å². The van der Waals surface area contributed by atoms with Gasteiger partial charge >= 0.3 is 5.97 Å². The molecule has 1 aromatic rings. The number of anilines is 1. The number of aryl methyl sites for hydroxylation is 1. The van der Waals surface area contributed by atoms with Crippen molar-refractivity contribution >= 4 is 23.7 Å². The summed E-state index contributed by atoms with van der Waals surface area (Å²) < 4.78 is 0. The molecule has 106 valence electrons. The Kier molecular flexibility index (Phi) is 7.25. The minimum atomic E-state index is -1.02. The van der Waals surface area contributed by atoms with Crippen LogP contribution < -0.4 is 5.32 Å². The van der Waals surface area contributed by atoms with Crippen LogP contribution in [-0.2, 0) is 0 Å². The zero-order valence-corrected chi connectivity index (χ0v) is 12.3. The third-order valence-corrected chi connectivity index (χ3v) is 3.33. The van der Waals surface area contributed by atoms with E-state index in [1.54, 1.807) is 6.92 Å². The van der Waals surface area contributed by atoms with Gasteiger partial charge in [-0.05, 0) is 37.8 Å². The molecule has 0 saturated carbocycles. The van der Waals surface area contributed by atoms with Crippen molar-refractivity contribution in [2.24, 2.45) is 0 Å². The van der Waals surface area contributed by atoms with Crippen LogP contribution in [-0.4, -0.2) is 39.6 Å². The minimum Gasteiger partial charge on any atom is -0.477 e. The molecule has 0 unspecified atom stereocenters. The maximum atomic E-state index is 10.9. The van der Waals surface area contributed by atoms with Gasteiger partial charge in [-0.25, -0.2) is 14.8 Å². The van der Waals surface area contributed by atoms with E-state index >= 15 is 0 Å². The molecule has 0 aliphatic rings. The lowest BCUT2D eigenvalue weighted by atomic mass is 10.2. The van der Waals surface area contributed by atoms with Gasteiger partial charge in [-0.2, -0.15) is 11.8 Å². The van der Waals surface area contributed by atoms with Gasteiger partial charge in [-0.3, -0.25) is 0 Å². The maximum Gasteiger partial charge on any atom is 0.354 e. The number of thioether (sulfide) groups is 1. The summed E-state index contributed by atoms with van der Waals surface area (Å²) in [4.78, 5) is 19.0. The third kappa shape index (κ3) is 6.42. The Morgan fingerprint density at radius 3 is 2.74 bits per heavy atom. The lowest BCUT2D eigenvalue weighted by Crippen LogP contribution is -2.10. The quantitative estimate of drug-likeness (QED) is 0.679. The number of aromatic carboxylic acids is 1. The van der Waals surface area contributed by atoms with Crippen LogP contribution in [0.4, 0.5) is 5.95 Å². The number of carbonyl (C=O) groups is 1. The van der Waals surface area contributed by atoms with E-state index in [-0.39, 0.29) is 5.69 Å². The molecule has 2 N–H and O–H groups in total.